The van der Waals surface area contributed by atoms with Crippen LogP contribution in [0.4, 0.5) is 37.8 Å². The van der Waals surface area contributed by atoms with E-state index in [0.29, 0.717) is 17.7 Å². The van der Waals surface area contributed by atoms with Crippen LogP contribution in [0.3, 0.4) is 0 Å². The molecule has 0 atom stereocenters. The second-order valence-electron chi connectivity index (χ2n) is 6.92. The lowest BCUT2D eigenvalue weighted by Gasteiger charge is -2.19. The predicted molar refractivity (Wildman–Crippen MR) is 105 cm³/mol. The molecular weight excluding hydrogens is 420 g/mol. The predicted octanol–water partition coefficient (Wildman–Crippen LogP) is 6.60. The van der Waals surface area contributed by atoms with Crippen molar-refractivity contribution in [1.29, 1.82) is 0 Å². The summed E-state index contributed by atoms with van der Waals surface area (Å²) in [6.07, 6.45) is -5.59. The summed E-state index contributed by atoms with van der Waals surface area (Å²) in [4.78, 5) is 4.43. The largest absolute Gasteiger partial charge is 0.416 e. The van der Waals surface area contributed by atoms with Crippen LogP contribution in [0.2, 0.25) is 0 Å². The van der Waals surface area contributed by atoms with Crippen molar-refractivity contribution in [2.45, 2.75) is 18.9 Å². The zero-order valence-electron chi connectivity index (χ0n) is 15.8. The van der Waals surface area contributed by atoms with Crippen LogP contribution in [0.1, 0.15) is 22.3 Å². The first-order valence-electron chi connectivity index (χ1n) is 9.17. The van der Waals surface area contributed by atoms with Crippen LogP contribution >= 0.6 is 0 Å². The summed E-state index contributed by atoms with van der Waals surface area (Å²) in [6.45, 7) is 0.364. The van der Waals surface area contributed by atoms with E-state index in [1.807, 2.05) is 0 Å². The average Bonchev–Trinajstić information content (AvgIpc) is 2.73. The van der Waals surface area contributed by atoms with Gasteiger partial charge in [-0.15, -0.1) is 0 Å². The summed E-state index contributed by atoms with van der Waals surface area (Å²) in [7, 11) is 0. The Morgan fingerprint density at radius 2 is 1.52 bits per heavy atom. The molecule has 2 N–H and O–H groups in total. The fourth-order valence-electron chi connectivity index (χ4n) is 3.25. The molecule has 2 aromatic carbocycles. The molecule has 0 aliphatic carbocycles. The maximum absolute atomic E-state index is 13.1. The molecule has 0 fully saturated rings. The summed E-state index contributed by atoms with van der Waals surface area (Å²) < 4.78 is 78.5. The molecule has 1 aromatic heterocycles. The highest BCUT2D eigenvalue weighted by atomic mass is 19.4. The van der Waals surface area contributed by atoms with E-state index in [4.69, 9.17) is 0 Å². The van der Waals surface area contributed by atoms with Gasteiger partial charge in [0, 0.05) is 23.4 Å². The van der Waals surface area contributed by atoms with Crippen LogP contribution in [-0.2, 0) is 18.9 Å². The summed E-state index contributed by atoms with van der Waals surface area (Å²) in [5.41, 5.74) is 0.446. The van der Waals surface area contributed by atoms with E-state index in [1.54, 1.807) is 18.3 Å². The summed E-state index contributed by atoms with van der Waals surface area (Å²) in [5, 5.41) is 5.89. The lowest BCUT2D eigenvalue weighted by atomic mass is 10.0. The molecule has 0 bridgehead atoms. The van der Waals surface area contributed by atoms with Gasteiger partial charge in [0.1, 0.15) is 5.82 Å². The number of rotatable bonds is 3. The first kappa shape index (κ1) is 20.8. The number of nitrogens with one attached hydrogen (secondary N) is 2. The van der Waals surface area contributed by atoms with E-state index < -0.39 is 23.5 Å². The summed E-state index contributed by atoms with van der Waals surface area (Å²) in [6, 6.07) is 11.0. The van der Waals surface area contributed by atoms with E-state index >= 15 is 0 Å². The smallest absolute Gasteiger partial charge is 0.387 e. The van der Waals surface area contributed by atoms with Gasteiger partial charge < -0.3 is 10.6 Å². The van der Waals surface area contributed by atoms with E-state index in [-0.39, 0.29) is 22.8 Å². The molecule has 0 radical (unpaired) electrons. The maximum Gasteiger partial charge on any atom is 0.416 e. The molecule has 1 aliphatic heterocycles. The Balaban J connectivity index is 1.78. The highest BCUT2D eigenvalue weighted by Crippen LogP contribution is 2.35. The number of halogens is 6. The van der Waals surface area contributed by atoms with Gasteiger partial charge in [-0.2, -0.15) is 26.3 Å². The Morgan fingerprint density at radius 3 is 2.23 bits per heavy atom. The standard InChI is InChI=1S/C22H15F6N3/c23-21(24,25)15-4-1-3-14(9-15)19-10-13-7-8-29-12-18(13)20(31-19)30-17-6-2-5-16(11-17)22(26,27)28/h1-11,29H,12H2,(H,30,31). The van der Waals surface area contributed by atoms with Crippen molar-refractivity contribution >= 4 is 17.6 Å². The van der Waals surface area contributed by atoms with Crippen LogP contribution in [-0.4, -0.2) is 4.98 Å². The van der Waals surface area contributed by atoms with Gasteiger partial charge >= 0.3 is 12.4 Å². The molecule has 9 heteroatoms. The van der Waals surface area contributed by atoms with Crippen molar-refractivity contribution in [2.24, 2.45) is 0 Å². The van der Waals surface area contributed by atoms with Crippen molar-refractivity contribution < 1.29 is 26.3 Å². The molecule has 1 aliphatic rings. The highest BCUT2D eigenvalue weighted by molar-refractivity contribution is 5.74. The van der Waals surface area contributed by atoms with E-state index in [0.717, 1.165) is 24.3 Å². The fourth-order valence-corrected chi connectivity index (χ4v) is 3.25. The van der Waals surface area contributed by atoms with Gasteiger partial charge in [-0.1, -0.05) is 18.2 Å². The molecule has 31 heavy (non-hydrogen) atoms. The number of pyridine rings is 1. The van der Waals surface area contributed by atoms with Gasteiger partial charge in [-0.25, -0.2) is 4.98 Å². The minimum absolute atomic E-state index is 0.167. The van der Waals surface area contributed by atoms with Crippen molar-refractivity contribution in [3.05, 3.63) is 83.1 Å². The first-order chi connectivity index (χ1) is 14.6. The fraction of sp³-hybridized carbons (Fsp3) is 0.136. The van der Waals surface area contributed by atoms with E-state index in [9.17, 15) is 26.3 Å². The van der Waals surface area contributed by atoms with Gasteiger partial charge in [0.25, 0.3) is 0 Å². The molecule has 160 valence electrons. The maximum atomic E-state index is 13.1. The lowest BCUT2D eigenvalue weighted by Crippen LogP contribution is -2.14. The minimum atomic E-state index is -4.51. The molecule has 3 aromatic rings. The molecule has 0 spiro atoms. The van der Waals surface area contributed by atoms with Gasteiger partial charge in [0.2, 0.25) is 0 Å². The normalized spacial score (nSPS) is 13.5. The molecule has 2 heterocycles. The van der Waals surface area contributed by atoms with Gasteiger partial charge in [0.05, 0.1) is 16.8 Å². The minimum Gasteiger partial charge on any atom is -0.387 e. The van der Waals surface area contributed by atoms with Crippen molar-refractivity contribution in [3.63, 3.8) is 0 Å². The van der Waals surface area contributed by atoms with Crippen molar-refractivity contribution in [2.75, 3.05) is 5.32 Å². The van der Waals surface area contributed by atoms with Gasteiger partial charge in [-0.3, -0.25) is 0 Å². The Hall–Kier alpha value is -3.49. The van der Waals surface area contributed by atoms with Gasteiger partial charge in [0.15, 0.2) is 0 Å². The third kappa shape index (κ3) is 4.50. The number of aromatic nitrogens is 1. The van der Waals surface area contributed by atoms with Gasteiger partial charge in [-0.05, 0) is 54.2 Å². The Labute approximate surface area is 173 Å². The Kier molecular flexibility index (Phi) is 5.12. The molecule has 0 saturated carbocycles. The van der Waals surface area contributed by atoms with Crippen molar-refractivity contribution in [3.8, 4) is 11.3 Å². The zero-order valence-corrected chi connectivity index (χ0v) is 15.8. The van der Waals surface area contributed by atoms with Crippen LogP contribution in [0.25, 0.3) is 17.3 Å². The van der Waals surface area contributed by atoms with Crippen LogP contribution in [0, 0.1) is 0 Å². The first-order valence-corrected chi connectivity index (χ1v) is 9.17. The zero-order chi connectivity index (χ0) is 22.2. The van der Waals surface area contributed by atoms with E-state index in [1.165, 1.54) is 24.3 Å². The second kappa shape index (κ2) is 7.64. The van der Waals surface area contributed by atoms with Crippen molar-refractivity contribution in [1.82, 2.24) is 10.3 Å². The number of benzene rings is 2. The monoisotopic (exact) mass is 435 g/mol. The molecule has 4 rings (SSSR count). The Bertz CT molecular complexity index is 1150. The SMILES string of the molecule is FC(F)(F)c1cccc(Nc2nc(-c3cccc(C(F)(F)F)c3)cc3c2CNC=C3)c1. The summed E-state index contributed by atoms with van der Waals surface area (Å²) in [5.74, 6) is 0.265. The molecule has 3 nitrogen and oxygen atoms in total. The summed E-state index contributed by atoms with van der Waals surface area (Å²) >= 11 is 0. The molecule has 0 unspecified atom stereocenters. The highest BCUT2D eigenvalue weighted by Gasteiger charge is 2.31. The average molecular weight is 435 g/mol. The number of nitrogens with zero attached hydrogens (tertiary/aromatic N) is 1. The molecule has 0 amide bonds. The quantitative estimate of drug-likeness (QED) is 0.455. The van der Waals surface area contributed by atoms with Crippen LogP contribution in [0.5, 0.6) is 0 Å². The molecule has 0 saturated heterocycles. The topological polar surface area (TPSA) is 37.0 Å². The van der Waals surface area contributed by atoms with Crippen LogP contribution in [0.15, 0.2) is 60.8 Å². The number of anilines is 2. The number of hydrogen-bond donors (Lipinski definition) is 2. The third-order valence-corrected chi connectivity index (χ3v) is 4.76. The number of alkyl halides is 6. The number of fused-ring (bicyclic) bond motifs is 1. The van der Waals surface area contributed by atoms with E-state index in [2.05, 4.69) is 15.6 Å². The number of hydrogen-bond acceptors (Lipinski definition) is 3. The molecular formula is C22H15F6N3. The lowest BCUT2D eigenvalue weighted by molar-refractivity contribution is -0.138. The Morgan fingerprint density at radius 1 is 0.839 bits per heavy atom. The van der Waals surface area contributed by atoms with Crippen LogP contribution < -0.4 is 10.6 Å². The third-order valence-electron chi connectivity index (χ3n) is 4.76. The second-order valence-corrected chi connectivity index (χ2v) is 6.92.